The summed E-state index contributed by atoms with van der Waals surface area (Å²) in [4.78, 5) is 4.06. The molecule has 0 amide bonds. The summed E-state index contributed by atoms with van der Waals surface area (Å²) < 4.78 is 0. The van der Waals surface area contributed by atoms with Crippen LogP contribution in [0.25, 0.3) is 0 Å². The van der Waals surface area contributed by atoms with E-state index in [9.17, 15) is 0 Å². The summed E-state index contributed by atoms with van der Waals surface area (Å²) in [5, 5.41) is 8.59. The van der Waals surface area contributed by atoms with E-state index < -0.39 is 0 Å². The molecule has 3 N–H and O–H groups in total. The maximum absolute atomic E-state index is 8.59. The summed E-state index contributed by atoms with van der Waals surface area (Å²) >= 11 is 0. The van der Waals surface area contributed by atoms with Crippen molar-refractivity contribution in [3.63, 3.8) is 0 Å². The normalized spacial score (nSPS) is 12.9. The fourth-order valence-electron chi connectivity index (χ4n) is 0.882. The van der Waals surface area contributed by atoms with Gasteiger partial charge in [-0.25, -0.2) is 0 Å². The number of hydrogen-bond acceptors (Lipinski definition) is 3. The van der Waals surface area contributed by atoms with Crippen LogP contribution in [0, 0.1) is 0 Å². The molecule has 0 radical (unpaired) electrons. The largest absolute Gasteiger partial charge is 0.396 e. The topological polar surface area (TPSA) is 59.1 Å². The van der Waals surface area contributed by atoms with E-state index in [1.54, 1.807) is 6.20 Å². The molecule has 0 unspecified atom stereocenters. The van der Waals surface area contributed by atoms with Crippen LogP contribution < -0.4 is 5.73 Å². The fourth-order valence-corrected chi connectivity index (χ4v) is 0.882. The van der Waals surface area contributed by atoms with Crippen LogP contribution in [0.2, 0.25) is 0 Å². The molecule has 1 heterocycles. The van der Waals surface area contributed by atoms with Crippen molar-refractivity contribution in [3.8, 4) is 0 Å². The molecule has 60 valence electrons. The Morgan fingerprint density at radius 1 is 1.55 bits per heavy atom. The first-order chi connectivity index (χ1) is 5.34. The number of aliphatic hydroxyl groups is 1. The molecular formula is C8H12N2O. The van der Waals surface area contributed by atoms with E-state index in [1.807, 2.05) is 18.2 Å². The van der Waals surface area contributed by atoms with E-state index in [2.05, 4.69) is 4.98 Å². The minimum absolute atomic E-state index is 0.109. The van der Waals surface area contributed by atoms with Gasteiger partial charge in [-0.15, -0.1) is 0 Å². The van der Waals surface area contributed by atoms with Gasteiger partial charge in [-0.2, -0.15) is 0 Å². The Hall–Kier alpha value is -0.930. The van der Waals surface area contributed by atoms with Crippen molar-refractivity contribution in [1.82, 2.24) is 4.98 Å². The zero-order chi connectivity index (χ0) is 8.10. The first kappa shape index (κ1) is 8.17. The smallest absolute Gasteiger partial charge is 0.0571 e. The summed E-state index contributed by atoms with van der Waals surface area (Å²) in [6.45, 7) is 0.109. The summed E-state index contributed by atoms with van der Waals surface area (Å²) in [6, 6.07) is 5.45. The van der Waals surface area contributed by atoms with Crippen LogP contribution in [-0.4, -0.2) is 16.7 Å². The standard InChI is InChI=1S/C8H12N2O/c9-7(4-6-11)8-3-1-2-5-10-8/h1-3,5,7,11H,4,6,9H2/t7-/m0/s1. The second kappa shape index (κ2) is 4.05. The second-order valence-corrected chi connectivity index (χ2v) is 2.37. The molecular weight excluding hydrogens is 140 g/mol. The molecule has 11 heavy (non-hydrogen) atoms. The van der Waals surface area contributed by atoms with Gasteiger partial charge >= 0.3 is 0 Å². The number of pyridine rings is 1. The lowest BCUT2D eigenvalue weighted by Gasteiger charge is -2.07. The van der Waals surface area contributed by atoms with Gasteiger partial charge in [-0.3, -0.25) is 4.98 Å². The van der Waals surface area contributed by atoms with Gasteiger partial charge in [-0.1, -0.05) is 6.07 Å². The van der Waals surface area contributed by atoms with Crippen molar-refractivity contribution in [2.75, 3.05) is 6.61 Å². The third-order valence-electron chi connectivity index (χ3n) is 1.51. The third-order valence-corrected chi connectivity index (χ3v) is 1.51. The molecule has 0 aromatic carbocycles. The lowest BCUT2D eigenvalue weighted by Crippen LogP contribution is -2.13. The molecule has 0 aliphatic rings. The van der Waals surface area contributed by atoms with Crippen molar-refractivity contribution in [2.24, 2.45) is 5.73 Å². The first-order valence-electron chi connectivity index (χ1n) is 3.62. The van der Waals surface area contributed by atoms with Crippen LogP contribution in [0.1, 0.15) is 18.2 Å². The molecule has 3 heteroatoms. The molecule has 0 saturated heterocycles. The van der Waals surface area contributed by atoms with Crippen molar-refractivity contribution in [1.29, 1.82) is 0 Å². The zero-order valence-electron chi connectivity index (χ0n) is 6.27. The predicted molar refractivity (Wildman–Crippen MR) is 42.9 cm³/mol. The SMILES string of the molecule is N[C@@H](CCO)c1ccccn1. The monoisotopic (exact) mass is 152 g/mol. The van der Waals surface area contributed by atoms with Crippen molar-refractivity contribution < 1.29 is 5.11 Å². The quantitative estimate of drug-likeness (QED) is 0.661. The van der Waals surface area contributed by atoms with E-state index in [-0.39, 0.29) is 12.6 Å². The Labute approximate surface area is 65.9 Å². The highest BCUT2D eigenvalue weighted by atomic mass is 16.3. The molecule has 1 atom stereocenters. The molecule has 1 aromatic heterocycles. The third kappa shape index (κ3) is 2.29. The Morgan fingerprint density at radius 2 is 2.36 bits per heavy atom. The van der Waals surface area contributed by atoms with E-state index in [4.69, 9.17) is 10.8 Å². The summed E-state index contributed by atoms with van der Waals surface area (Å²) in [5.41, 5.74) is 6.52. The van der Waals surface area contributed by atoms with Gasteiger partial charge < -0.3 is 10.8 Å². The number of rotatable bonds is 3. The van der Waals surface area contributed by atoms with Crippen LogP contribution >= 0.6 is 0 Å². The van der Waals surface area contributed by atoms with E-state index in [0.29, 0.717) is 6.42 Å². The summed E-state index contributed by atoms with van der Waals surface area (Å²) in [7, 11) is 0. The molecule has 3 nitrogen and oxygen atoms in total. The van der Waals surface area contributed by atoms with Gasteiger partial charge in [0.1, 0.15) is 0 Å². The highest BCUT2D eigenvalue weighted by Gasteiger charge is 2.03. The lowest BCUT2D eigenvalue weighted by atomic mass is 10.1. The van der Waals surface area contributed by atoms with Crippen molar-refractivity contribution >= 4 is 0 Å². The van der Waals surface area contributed by atoms with Gasteiger partial charge in [-0.05, 0) is 18.6 Å². The van der Waals surface area contributed by atoms with E-state index in [1.165, 1.54) is 0 Å². The number of aliphatic hydroxyl groups excluding tert-OH is 1. The van der Waals surface area contributed by atoms with Gasteiger partial charge in [0.25, 0.3) is 0 Å². The average molecular weight is 152 g/mol. The lowest BCUT2D eigenvalue weighted by molar-refractivity contribution is 0.275. The summed E-state index contributed by atoms with van der Waals surface area (Å²) in [6.07, 6.45) is 2.27. The van der Waals surface area contributed by atoms with Crippen LogP contribution in [0.15, 0.2) is 24.4 Å². The second-order valence-electron chi connectivity index (χ2n) is 2.37. The van der Waals surface area contributed by atoms with Crippen molar-refractivity contribution in [3.05, 3.63) is 30.1 Å². The number of nitrogens with zero attached hydrogens (tertiary/aromatic N) is 1. The van der Waals surface area contributed by atoms with Crippen LogP contribution in [0.5, 0.6) is 0 Å². The van der Waals surface area contributed by atoms with Gasteiger partial charge in [0.2, 0.25) is 0 Å². The maximum atomic E-state index is 8.59. The molecule has 0 fully saturated rings. The number of nitrogens with two attached hydrogens (primary N) is 1. The molecule has 1 aromatic rings. The van der Waals surface area contributed by atoms with Crippen molar-refractivity contribution in [2.45, 2.75) is 12.5 Å². The molecule has 0 aliphatic carbocycles. The van der Waals surface area contributed by atoms with E-state index in [0.717, 1.165) is 5.69 Å². The number of hydrogen-bond donors (Lipinski definition) is 2. The predicted octanol–water partition coefficient (Wildman–Crippen LogP) is 0.464. The minimum Gasteiger partial charge on any atom is -0.396 e. The molecule has 0 bridgehead atoms. The van der Waals surface area contributed by atoms with E-state index >= 15 is 0 Å². The fraction of sp³-hybridized carbons (Fsp3) is 0.375. The minimum atomic E-state index is -0.138. The van der Waals surface area contributed by atoms with Gasteiger partial charge in [0, 0.05) is 18.8 Å². The Bertz CT molecular complexity index is 201. The van der Waals surface area contributed by atoms with Crippen LogP contribution in [-0.2, 0) is 0 Å². The average Bonchev–Trinajstić information content (AvgIpc) is 2.07. The maximum Gasteiger partial charge on any atom is 0.0571 e. The molecule has 1 rings (SSSR count). The Balaban J connectivity index is 2.61. The molecule has 0 saturated carbocycles. The van der Waals surface area contributed by atoms with Gasteiger partial charge in [0.15, 0.2) is 0 Å². The molecule has 0 aliphatic heterocycles. The number of aromatic nitrogens is 1. The Morgan fingerprint density at radius 3 is 2.91 bits per heavy atom. The summed E-state index contributed by atoms with van der Waals surface area (Å²) in [5.74, 6) is 0. The highest BCUT2D eigenvalue weighted by molar-refractivity contribution is 5.07. The van der Waals surface area contributed by atoms with Gasteiger partial charge in [0.05, 0.1) is 5.69 Å². The highest BCUT2D eigenvalue weighted by Crippen LogP contribution is 2.08. The van der Waals surface area contributed by atoms with Crippen LogP contribution in [0.4, 0.5) is 0 Å². The zero-order valence-corrected chi connectivity index (χ0v) is 6.27. The Kier molecular flexibility index (Phi) is 3.01. The van der Waals surface area contributed by atoms with Crippen LogP contribution in [0.3, 0.4) is 0 Å². The first-order valence-corrected chi connectivity index (χ1v) is 3.62. The molecule has 0 spiro atoms.